The summed E-state index contributed by atoms with van der Waals surface area (Å²) in [6, 6.07) is 6.14. The number of nitrogens with zero attached hydrogens (tertiary/aromatic N) is 2. The van der Waals surface area contributed by atoms with Crippen LogP contribution in [0.4, 0.5) is 0 Å². The van der Waals surface area contributed by atoms with Crippen LogP contribution in [0.5, 0.6) is 11.5 Å². The highest BCUT2D eigenvalue weighted by Crippen LogP contribution is 2.43. The summed E-state index contributed by atoms with van der Waals surface area (Å²) < 4.78 is 11.5. The van der Waals surface area contributed by atoms with E-state index < -0.39 is 0 Å². The molecule has 0 atom stereocenters. The standard InChI is InChI=1S/C18H16N2O2S2/c1-3-12-15(4-1)24-18-16(12)17(19-10-20-18)23-11-5-6-13-14(9-11)22-8-2-7-21-13/h5-6,9-10H,1-4,7-8H2. The quantitative estimate of drug-likeness (QED) is 0.633. The molecular formula is C18H16N2O2S2. The fourth-order valence-corrected chi connectivity index (χ4v) is 5.54. The van der Waals surface area contributed by atoms with Crippen molar-refractivity contribution in [1.29, 1.82) is 0 Å². The van der Waals surface area contributed by atoms with E-state index in [9.17, 15) is 0 Å². The van der Waals surface area contributed by atoms with Gasteiger partial charge in [-0.1, -0.05) is 11.8 Å². The summed E-state index contributed by atoms with van der Waals surface area (Å²) in [5.41, 5.74) is 1.47. The van der Waals surface area contributed by atoms with Crippen LogP contribution in [0.25, 0.3) is 10.2 Å². The molecule has 122 valence electrons. The first kappa shape index (κ1) is 14.5. The molecule has 24 heavy (non-hydrogen) atoms. The molecule has 0 spiro atoms. The maximum atomic E-state index is 5.80. The summed E-state index contributed by atoms with van der Waals surface area (Å²) in [6.07, 6.45) is 6.19. The molecular weight excluding hydrogens is 340 g/mol. The van der Waals surface area contributed by atoms with Gasteiger partial charge in [-0.25, -0.2) is 9.97 Å². The average molecular weight is 356 g/mol. The van der Waals surface area contributed by atoms with Crippen molar-refractivity contribution >= 4 is 33.3 Å². The molecule has 0 fully saturated rings. The lowest BCUT2D eigenvalue weighted by Crippen LogP contribution is -1.97. The van der Waals surface area contributed by atoms with E-state index in [-0.39, 0.29) is 0 Å². The zero-order valence-corrected chi connectivity index (χ0v) is 14.7. The number of aryl methyl sites for hydroxylation is 2. The van der Waals surface area contributed by atoms with Crippen molar-refractivity contribution in [2.75, 3.05) is 13.2 Å². The molecule has 0 saturated carbocycles. The van der Waals surface area contributed by atoms with Crippen molar-refractivity contribution in [2.24, 2.45) is 0 Å². The Labute approximate surface area is 148 Å². The Kier molecular flexibility index (Phi) is 3.60. The summed E-state index contributed by atoms with van der Waals surface area (Å²) in [4.78, 5) is 12.8. The Morgan fingerprint density at radius 2 is 1.92 bits per heavy atom. The van der Waals surface area contributed by atoms with Crippen molar-refractivity contribution in [1.82, 2.24) is 9.97 Å². The van der Waals surface area contributed by atoms with Crippen molar-refractivity contribution < 1.29 is 9.47 Å². The minimum absolute atomic E-state index is 0.705. The average Bonchev–Trinajstić information content (AvgIpc) is 3.09. The molecule has 0 saturated heterocycles. The molecule has 5 rings (SSSR count). The van der Waals surface area contributed by atoms with Crippen LogP contribution < -0.4 is 9.47 Å². The summed E-state index contributed by atoms with van der Waals surface area (Å²) >= 11 is 3.51. The van der Waals surface area contributed by atoms with Gasteiger partial charge in [0.2, 0.25) is 0 Å². The second kappa shape index (κ2) is 5.93. The van der Waals surface area contributed by atoms with Crippen LogP contribution in [-0.2, 0) is 12.8 Å². The van der Waals surface area contributed by atoms with Crippen LogP contribution in [-0.4, -0.2) is 23.2 Å². The minimum Gasteiger partial charge on any atom is -0.490 e. The van der Waals surface area contributed by atoms with Crippen molar-refractivity contribution in [3.05, 3.63) is 35.0 Å². The van der Waals surface area contributed by atoms with Gasteiger partial charge in [0.25, 0.3) is 0 Å². The Balaban J connectivity index is 1.54. The Morgan fingerprint density at radius 3 is 2.88 bits per heavy atom. The number of fused-ring (bicyclic) bond motifs is 4. The second-order valence-corrected chi connectivity index (χ2v) is 8.12. The summed E-state index contributed by atoms with van der Waals surface area (Å²) in [7, 11) is 0. The van der Waals surface area contributed by atoms with Crippen LogP contribution in [0.1, 0.15) is 23.3 Å². The number of hydrogen-bond donors (Lipinski definition) is 0. The molecule has 0 radical (unpaired) electrons. The predicted octanol–water partition coefficient (Wildman–Crippen LogP) is 4.49. The molecule has 2 aromatic heterocycles. The lowest BCUT2D eigenvalue weighted by molar-refractivity contribution is 0.297. The van der Waals surface area contributed by atoms with Gasteiger partial charge >= 0.3 is 0 Å². The Bertz CT molecular complexity index is 923. The van der Waals surface area contributed by atoms with E-state index in [0.717, 1.165) is 39.1 Å². The fourth-order valence-electron chi connectivity index (χ4n) is 3.30. The van der Waals surface area contributed by atoms with Gasteiger partial charge in [-0.15, -0.1) is 11.3 Å². The summed E-state index contributed by atoms with van der Waals surface area (Å²) in [5.74, 6) is 1.67. The fraction of sp³-hybridized carbons (Fsp3) is 0.333. The summed E-state index contributed by atoms with van der Waals surface area (Å²) in [6.45, 7) is 1.42. The monoisotopic (exact) mass is 356 g/mol. The molecule has 0 N–H and O–H groups in total. The third-order valence-corrected chi connectivity index (χ3v) is 6.59. The third-order valence-electron chi connectivity index (χ3n) is 4.40. The van der Waals surface area contributed by atoms with E-state index in [1.54, 1.807) is 18.1 Å². The first-order valence-electron chi connectivity index (χ1n) is 8.21. The van der Waals surface area contributed by atoms with Gasteiger partial charge in [0, 0.05) is 21.6 Å². The Morgan fingerprint density at radius 1 is 1.00 bits per heavy atom. The molecule has 3 aromatic rings. The first-order valence-corrected chi connectivity index (χ1v) is 9.84. The molecule has 4 nitrogen and oxygen atoms in total. The molecule has 0 unspecified atom stereocenters. The number of rotatable bonds is 2. The van der Waals surface area contributed by atoms with Gasteiger partial charge in [-0.05, 0) is 43.0 Å². The maximum Gasteiger partial charge on any atom is 0.162 e. The normalized spacial score (nSPS) is 16.2. The van der Waals surface area contributed by atoms with Crippen LogP contribution >= 0.6 is 23.1 Å². The van der Waals surface area contributed by atoms with E-state index in [0.29, 0.717) is 13.2 Å². The van der Waals surface area contributed by atoms with Gasteiger partial charge in [0.1, 0.15) is 16.2 Å². The second-order valence-electron chi connectivity index (χ2n) is 5.98. The molecule has 0 amide bonds. The highest BCUT2D eigenvalue weighted by molar-refractivity contribution is 7.99. The van der Waals surface area contributed by atoms with Gasteiger partial charge in [0.15, 0.2) is 11.5 Å². The first-order chi connectivity index (χ1) is 11.9. The SMILES string of the molecule is c1nc(Sc2ccc3c(c2)OCCCO3)c2c3c(sc2n1)CCC3. The number of benzene rings is 1. The maximum absolute atomic E-state index is 5.80. The molecule has 3 heterocycles. The zero-order valence-electron chi connectivity index (χ0n) is 13.1. The number of thiophene rings is 1. The minimum atomic E-state index is 0.705. The van der Waals surface area contributed by atoms with Crippen LogP contribution in [0.2, 0.25) is 0 Å². The topological polar surface area (TPSA) is 44.2 Å². The molecule has 2 aliphatic rings. The van der Waals surface area contributed by atoms with Crippen molar-refractivity contribution in [3.63, 3.8) is 0 Å². The predicted molar refractivity (Wildman–Crippen MR) is 95.6 cm³/mol. The lowest BCUT2D eigenvalue weighted by atomic mass is 10.2. The van der Waals surface area contributed by atoms with E-state index in [2.05, 4.69) is 22.1 Å². The van der Waals surface area contributed by atoms with Gasteiger partial charge in [0.05, 0.1) is 13.2 Å². The molecule has 6 heteroatoms. The van der Waals surface area contributed by atoms with Gasteiger partial charge < -0.3 is 9.47 Å². The smallest absolute Gasteiger partial charge is 0.162 e. The number of aromatic nitrogens is 2. The molecule has 1 aliphatic heterocycles. The third kappa shape index (κ3) is 2.45. The lowest BCUT2D eigenvalue weighted by Gasteiger charge is -2.09. The molecule has 1 aromatic carbocycles. The summed E-state index contributed by atoms with van der Waals surface area (Å²) in [5, 5.41) is 2.31. The van der Waals surface area contributed by atoms with Gasteiger partial charge in [-0.3, -0.25) is 0 Å². The zero-order chi connectivity index (χ0) is 15.9. The van der Waals surface area contributed by atoms with E-state index >= 15 is 0 Å². The highest BCUT2D eigenvalue weighted by Gasteiger charge is 2.22. The van der Waals surface area contributed by atoms with E-state index in [1.807, 2.05) is 17.4 Å². The highest BCUT2D eigenvalue weighted by atomic mass is 32.2. The number of ether oxygens (including phenoxy) is 2. The number of hydrogen-bond acceptors (Lipinski definition) is 6. The molecule has 1 aliphatic carbocycles. The van der Waals surface area contributed by atoms with Crippen LogP contribution in [0.3, 0.4) is 0 Å². The van der Waals surface area contributed by atoms with Crippen LogP contribution in [0.15, 0.2) is 34.4 Å². The van der Waals surface area contributed by atoms with Crippen molar-refractivity contribution in [3.8, 4) is 11.5 Å². The molecule has 0 bridgehead atoms. The largest absolute Gasteiger partial charge is 0.490 e. The van der Waals surface area contributed by atoms with Crippen molar-refractivity contribution in [2.45, 2.75) is 35.6 Å². The van der Waals surface area contributed by atoms with Gasteiger partial charge in [-0.2, -0.15) is 0 Å². The van der Waals surface area contributed by atoms with E-state index in [1.165, 1.54) is 28.7 Å². The van der Waals surface area contributed by atoms with E-state index in [4.69, 9.17) is 9.47 Å². The van der Waals surface area contributed by atoms with Crippen LogP contribution in [0, 0.1) is 0 Å². The Hall–Kier alpha value is -1.79.